The SMILES string of the molecule is Cc1ccc(F)c(NC(=O)N2CCCC2C(=O)NCc2ccco2)c1. The van der Waals surface area contributed by atoms with Gasteiger partial charge >= 0.3 is 6.03 Å². The summed E-state index contributed by atoms with van der Waals surface area (Å²) < 4.78 is 19.0. The van der Waals surface area contributed by atoms with Crippen molar-refractivity contribution in [3.05, 3.63) is 53.7 Å². The van der Waals surface area contributed by atoms with Crippen LogP contribution in [0, 0.1) is 12.7 Å². The van der Waals surface area contributed by atoms with Crippen LogP contribution in [0.25, 0.3) is 0 Å². The van der Waals surface area contributed by atoms with Gasteiger partial charge in [0.25, 0.3) is 0 Å². The number of hydrogen-bond donors (Lipinski definition) is 2. The molecule has 1 fully saturated rings. The van der Waals surface area contributed by atoms with Gasteiger partial charge in [0.15, 0.2) is 0 Å². The molecule has 2 heterocycles. The first-order chi connectivity index (χ1) is 12.0. The van der Waals surface area contributed by atoms with Crippen LogP contribution in [0.5, 0.6) is 0 Å². The highest BCUT2D eigenvalue weighted by Gasteiger charge is 2.34. The lowest BCUT2D eigenvalue weighted by atomic mass is 10.2. The first-order valence-electron chi connectivity index (χ1n) is 8.18. The number of rotatable bonds is 4. The van der Waals surface area contributed by atoms with Crippen LogP contribution in [-0.4, -0.2) is 29.4 Å². The van der Waals surface area contributed by atoms with Crippen molar-refractivity contribution in [2.24, 2.45) is 0 Å². The quantitative estimate of drug-likeness (QED) is 0.894. The first-order valence-corrected chi connectivity index (χ1v) is 8.18. The van der Waals surface area contributed by atoms with Crippen molar-refractivity contribution in [3.63, 3.8) is 0 Å². The zero-order valence-corrected chi connectivity index (χ0v) is 13.9. The number of carbonyl (C=O) groups is 2. The van der Waals surface area contributed by atoms with Gasteiger partial charge in [-0.25, -0.2) is 9.18 Å². The van der Waals surface area contributed by atoms with E-state index in [1.54, 1.807) is 24.3 Å². The fourth-order valence-corrected chi connectivity index (χ4v) is 2.91. The van der Waals surface area contributed by atoms with Crippen molar-refractivity contribution in [2.75, 3.05) is 11.9 Å². The molecule has 1 unspecified atom stereocenters. The Morgan fingerprint density at radius 2 is 2.20 bits per heavy atom. The van der Waals surface area contributed by atoms with Gasteiger partial charge in [0, 0.05) is 6.54 Å². The molecule has 3 rings (SSSR count). The number of benzene rings is 1. The lowest BCUT2D eigenvalue weighted by Gasteiger charge is -2.24. The summed E-state index contributed by atoms with van der Waals surface area (Å²) >= 11 is 0. The Balaban J connectivity index is 1.63. The molecule has 0 saturated carbocycles. The predicted molar refractivity (Wildman–Crippen MR) is 90.4 cm³/mol. The van der Waals surface area contributed by atoms with Crippen LogP contribution in [-0.2, 0) is 11.3 Å². The van der Waals surface area contributed by atoms with E-state index in [0.717, 1.165) is 12.0 Å². The molecule has 1 aromatic carbocycles. The van der Waals surface area contributed by atoms with E-state index in [0.29, 0.717) is 18.7 Å². The number of likely N-dealkylation sites (tertiary alicyclic amines) is 1. The lowest BCUT2D eigenvalue weighted by molar-refractivity contribution is -0.124. The molecule has 2 aromatic rings. The second-order valence-corrected chi connectivity index (χ2v) is 6.06. The van der Waals surface area contributed by atoms with Crippen LogP contribution in [0.4, 0.5) is 14.9 Å². The van der Waals surface area contributed by atoms with Gasteiger partial charge in [0.1, 0.15) is 17.6 Å². The van der Waals surface area contributed by atoms with Crippen LogP contribution in [0.15, 0.2) is 41.0 Å². The van der Waals surface area contributed by atoms with Crippen molar-refractivity contribution >= 4 is 17.6 Å². The van der Waals surface area contributed by atoms with E-state index in [9.17, 15) is 14.0 Å². The topological polar surface area (TPSA) is 74.6 Å². The number of nitrogens with zero attached hydrogens (tertiary/aromatic N) is 1. The van der Waals surface area contributed by atoms with E-state index in [1.807, 2.05) is 6.92 Å². The van der Waals surface area contributed by atoms with E-state index in [1.165, 1.54) is 17.2 Å². The third-order valence-electron chi connectivity index (χ3n) is 4.20. The number of carbonyl (C=O) groups excluding carboxylic acids is 2. The molecule has 1 saturated heterocycles. The van der Waals surface area contributed by atoms with Crippen molar-refractivity contribution in [1.29, 1.82) is 0 Å². The van der Waals surface area contributed by atoms with Crippen molar-refractivity contribution in [2.45, 2.75) is 32.4 Å². The Bertz CT molecular complexity index is 761. The van der Waals surface area contributed by atoms with Gasteiger partial charge in [0.05, 0.1) is 18.5 Å². The highest BCUT2D eigenvalue weighted by molar-refractivity contribution is 5.94. The molecule has 1 atom stereocenters. The Labute approximate surface area is 145 Å². The Hall–Kier alpha value is -2.83. The van der Waals surface area contributed by atoms with Gasteiger partial charge in [-0.3, -0.25) is 4.79 Å². The lowest BCUT2D eigenvalue weighted by Crippen LogP contribution is -2.47. The predicted octanol–water partition coefficient (Wildman–Crippen LogP) is 3.04. The zero-order chi connectivity index (χ0) is 17.8. The second kappa shape index (κ2) is 7.38. The summed E-state index contributed by atoms with van der Waals surface area (Å²) in [7, 11) is 0. The number of hydrogen-bond acceptors (Lipinski definition) is 3. The molecule has 2 N–H and O–H groups in total. The maximum absolute atomic E-state index is 13.8. The monoisotopic (exact) mass is 345 g/mol. The zero-order valence-electron chi connectivity index (χ0n) is 13.9. The average Bonchev–Trinajstić information content (AvgIpc) is 3.27. The number of anilines is 1. The number of aryl methyl sites for hydroxylation is 1. The van der Waals surface area contributed by atoms with Gasteiger partial charge in [-0.2, -0.15) is 0 Å². The number of urea groups is 1. The Kier molecular flexibility index (Phi) is 5.02. The van der Waals surface area contributed by atoms with Crippen molar-refractivity contribution in [3.8, 4) is 0 Å². The van der Waals surface area contributed by atoms with Gasteiger partial charge in [-0.05, 0) is 49.6 Å². The molecule has 0 aliphatic carbocycles. The maximum Gasteiger partial charge on any atom is 0.322 e. The fraction of sp³-hybridized carbons (Fsp3) is 0.333. The largest absolute Gasteiger partial charge is 0.467 e. The number of nitrogens with one attached hydrogen (secondary N) is 2. The van der Waals surface area contributed by atoms with Crippen LogP contribution >= 0.6 is 0 Å². The standard InChI is InChI=1S/C18H20FN3O3/c1-12-6-7-14(19)15(10-12)21-18(24)22-8-2-5-16(22)17(23)20-11-13-4-3-9-25-13/h3-4,6-7,9-10,16H,2,5,8,11H2,1H3,(H,20,23)(H,21,24). The third kappa shape index (κ3) is 3.99. The normalized spacial score (nSPS) is 16.7. The van der Waals surface area contributed by atoms with Crippen LogP contribution < -0.4 is 10.6 Å². The van der Waals surface area contributed by atoms with Gasteiger partial charge < -0.3 is 20.0 Å². The van der Waals surface area contributed by atoms with E-state index < -0.39 is 17.9 Å². The smallest absolute Gasteiger partial charge is 0.322 e. The van der Waals surface area contributed by atoms with Gasteiger partial charge in [-0.15, -0.1) is 0 Å². The van der Waals surface area contributed by atoms with Crippen molar-refractivity contribution < 1.29 is 18.4 Å². The molecule has 132 valence electrons. The minimum Gasteiger partial charge on any atom is -0.467 e. The summed E-state index contributed by atoms with van der Waals surface area (Å²) in [6.07, 6.45) is 2.84. The molecule has 1 aliphatic rings. The molecule has 0 radical (unpaired) electrons. The highest BCUT2D eigenvalue weighted by Crippen LogP contribution is 2.21. The fourth-order valence-electron chi connectivity index (χ4n) is 2.91. The van der Waals surface area contributed by atoms with Gasteiger partial charge in [-0.1, -0.05) is 6.07 Å². The van der Waals surface area contributed by atoms with Crippen molar-refractivity contribution in [1.82, 2.24) is 10.2 Å². The number of furan rings is 1. The van der Waals surface area contributed by atoms with E-state index in [-0.39, 0.29) is 18.1 Å². The summed E-state index contributed by atoms with van der Waals surface area (Å²) in [6, 6.07) is 6.97. The molecular weight excluding hydrogens is 325 g/mol. The van der Waals surface area contributed by atoms with Gasteiger partial charge in [0.2, 0.25) is 5.91 Å². The summed E-state index contributed by atoms with van der Waals surface area (Å²) in [6.45, 7) is 2.54. The minimum atomic E-state index is -0.567. The van der Waals surface area contributed by atoms with E-state index in [2.05, 4.69) is 10.6 Å². The molecule has 25 heavy (non-hydrogen) atoms. The summed E-state index contributed by atoms with van der Waals surface area (Å²) in [5, 5.41) is 5.33. The van der Waals surface area contributed by atoms with Crippen LogP contribution in [0.1, 0.15) is 24.2 Å². The van der Waals surface area contributed by atoms with Crippen LogP contribution in [0.2, 0.25) is 0 Å². The number of halogens is 1. The summed E-state index contributed by atoms with van der Waals surface area (Å²) in [4.78, 5) is 26.3. The maximum atomic E-state index is 13.8. The van der Waals surface area contributed by atoms with E-state index in [4.69, 9.17) is 4.42 Å². The molecule has 3 amide bonds. The average molecular weight is 345 g/mol. The first kappa shape index (κ1) is 17.0. The van der Waals surface area contributed by atoms with Crippen LogP contribution in [0.3, 0.4) is 0 Å². The number of amides is 3. The molecule has 6 nitrogen and oxygen atoms in total. The minimum absolute atomic E-state index is 0.117. The summed E-state index contributed by atoms with van der Waals surface area (Å²) in [5.74, 6) is -0.102. The molecular formula is C18H20FN3O3. The molecule has 0 spiro atoms. The Morgan fingerprint density at radius 3 is 2.96 bits per heavy atom. The third-order valence-corrected chi connectivity index (χ3v) is 4.20. The molecule has 1 aliphatic heterocycles. The molecule has 0 bridgehead atoms. The Morgan fingerprint density at radius 1 is 1.36 bits per heavy atom. The molecule has 1 aromatic heterocycles. The summed E-state index contributed by atoms with van der Waals surface area (Å²) in [5.41, 5.74) is 0.956. The van der Waals surface area contributed by atoms with E-state index >= 15 is 0 Å². The second-order valence-electron chi connectivity index (χ2n) is 6.06. The highest BCUT2D eigenvalue weighted by atomic mass is 19.1. The molecule has 7 heteroatoms.